The van der Waals surface area contributed by atoms with E-state index in [0.29, 0.717) is 18.2 Å². The lowest BCUT2D eigenvalue weighted by atomic mass is 9.99. The summed E-state index contributed by atoms with van der Waals surface area (Å²) < 4.78 is 5.95. The van der Waals surface area contributed by atoms with Crippen LogP contribution in [-0.4, -0.2) is 46.2 Å². The monoisotopic (exact) mass is 311 g/mol. The van der Waals surface area contributed by atoms with Crippen LogP contribution in [-0.2, 0) is 9.53 Å². The number of aromatic nitrogens is 3. The third-order valence-corrected chi connectivity index (χ3v) is 4.26. The fraction of sp³-hybridized carbons (Fsp3) is 0.375. The van der Waals surface area contributed by atoms with Gasteiger partial charge in [0.05, 0.1) is 30.0 Å². The molecule has 2 aliphatic rings. The molecule has 4 heterocycles. The average molecular weight is 311 g/mol. The minimum atomic E-state index is -0.158. The summed E-state index contributed by atoms with van der Waals surface area (Å²) in [5.41, 5.74) is 0.710. The molecule has 0 unspecified atom stereocenters. The van der Waals surface area contributed by atoms with Crippen molar-refractivity contribution in [3.63, 3.8) is 0 Å². The normalized spacial score (nSPS) is 26.1. The summed E-state index contributed by atoms with van der Waals surface area (Å²) in [6.45, 7) is 1.35. The molecule has 0 radical (unpaired) electrons. The van der Waals surface area contributed by atoms with E-state index in [4.69, 9.17) is 4.74 Å². The Bertz CT molecular complexity index is 681. The molecule has 2 bridgehead atoms. The Morgan fingerprint density at radius 2 is 2.09 bits per heavy atom. The van der Waals surface area contributed by atoms with E-state index in [0.717, 1.165) is 13.0 Å². The molecule has 4 rings (SSSR count). The number of hydrogen-bond donors (Lipinski definition) is 1. The summed E-state index contributed by atoms with van der Waals surface area (Å²) in [5, 5.41) is 2.92. The molecule has 118 valence electrons. The Hall–Kier alpha value is -2.54. The van der Waals surface area contributed by atoms with Gasteiger partial charge in [0, 0.05) is 31.7 Å². The molecule has 1 N–H and O–H groups in total. The maximum absolute atomic E-state index is 12.5. The third-order valence-electron chi connectivity index (χ3n) is 4.26. The minimum absolute atomic E-state index is 0.0127. The molecule has 0 aliphatic carbocycles. The third kappa shape index (κ3) is 2.87. The fourth-order valence-electron chi connectivity index (χ4n) is 3.22. The van der Waals surface area contributed by atoms with Crippen LogP contribution in [0.4, 0.5) is 11.6 Å². The van der Waals surface area contributed by atoms with E-state index >= 15 is 0 Å². The number of rotatable bonds is 3. The first-order valence-corrected chi connectivity index (χ1v) is 7.68. The van der Waals surface area contributed by atoms with Crippen molar-refractivity contribution in [2.75, 3.05) is 23.3 Å². The minimum Gasteiger partial charge on any atom is -0.370 e. The van der Waals surface area contributed by atoms with Gasteiger partial charge in [-0.3, -0.25) is 9.78 Å². The Balaban J connectivity index is 1.45. The number of morpholine rings is 1. The Morgan fingerprint density at radius 3 is 2.87 bits per heavy atom. The van der Waals surface area contributed by atoms with Crippen molar-refractivity contribution >= 4 is 17.5 Å². The van der Waals surface area contributed by atoms with E-state index in [1.54, 1.807) is 36.9 Å². The van der Waals surface area contributed by atoms with Crippen LogP contribution in [0.2, 0.25) is 0 Å². The maximum atomic E-state index is 12.5. The van der Waals surface area contributed by atoms with Crippen molar-refractivity contribution in [2.45, 2.75) is 18.6 Å². The van der Waals surface area contributed by atoms with Gasteiger partial charge in [0.25, 0.3) is 0 Å². The summed E-state index contributed by atoms with van der Waals surface area (Å²) in [7, 11) is 0. The quantitative estimate of drug-likeness (QED) is 0.914. The fourth-order valence-corrected chi connectivity index (χ4v) is 3.22. The van der Waals surface area contributed by atoms with Crippen LogP contribution in [0.1, 0.15) is 6.42 Å². The summed E-state index contributed by atoms with van der Waals surface area (Å²) in [6.07, 6.45) is 7.42. The zero-order valence-corrected chi connectivity index (χ0v) is 12.5. The second-order valence-corrected chi connectivity index (χ2v) is 5.82. The highest BCUT2D eigenvalue weighted by Crippen LogP contribution is 2.33. The standard InChI is InChI=1S/C16H17N5O2/c22-15(20-11-3-1-4-17-8-11)13-7-12-9-21(10-14(13)23-12)16-18-5-2-6-19-16/h1-6,8,12-14H,7,9-10H2,(H,20,22)/t12-,13+,14+/m0/s1. The van der Waals surface area contributed by atoms with Crippen molar-refractivity contribution in [3.05, 3.63) is 43.0 Å². The van der Waals surface area contributed by atoms with E-state index in [-0.39, 0.29) is 24.0 Å². The molecule has 1 amide bonds. The molecular weight excluding hydrogens is 294 g/mol. The lowest BCUT2D eigenvalue weighted by molar-refractivity contribution is -0.121. The number of hydrogen-bond acceptors (Lipinski definition) is 6. The van der Waals surface area contributed by atoms with Crippen molar-refractivity contribution in [2.24, 2.45) is 5.92 Å². The van der Waals surface area contributed by atoms with Gasteiger partial charge >= 0.3 is 0 Å². The van der Waals surface area contributed by atoms with Gasteiger partial charge in [0.15, 0.2) is 0 Å². The Morgan fingerprint density at radius 1 is 1.22 bits per heavy atom. The molecule has 0 spiro atoms. The first kappa shape index (κ1) is 14.1. The molecule has 23 heavy (non-hydrogen) atoms. The van der Waals surface area contributed by atoms with Gasteiger partial charge < -0.3 is 15.0 Å². The number of carbonyl (C=O) groups is 1. The molecule has 0 saturated carbocycles. The number of carbonyl (C=O) groups excluding carboxylic acids is 1. The van der Waals surface area contributed by atoms with Gasteiger partial charge in [-0.15, -0.1) is 0 Å². The topological polar surface area (TPSA) is 80.2 Å². The largest absolute Gasteiger partial charge is 0.370 e. The first-order valence-electron chi connectivity index (χ1n) is 7.68. The van der Waals surface area contributed by atoms with Crippen LogP contribution in [0.5, 0.6) is 0 Å². The van der Waals surface area contributed by atoms with Crippen molar-refractivity contribution in [1.29, 1.82) is 0 Å². The van der Waals surface area contributed by atoms with Gasteiger partial charge in [0.2, 0.25) is 11.9 Å². The number of fused-ring (bicyclic) bond motifs is 2. The molecule has 2 saturated heterocycles. The van der Waals surface area contributed by atoms with Crippen molar-refractivity contribution in [3.8, 4) is 0 Å². The number of anilines is 2. The predicted molar refractivity (Wildman–Crippen MR) is 83.9 cm³/mol. The Kier molecular flexibility index (Phi) is 3.63. The second kappa shape index (κ2) is 5.92. The van der Waals surface area contributed by atoms with E-state index in [1.165, 1.54) is 0 Å². The number of nitrogens with zero attached hydrogens (tertiary/aromatic N) is 4. The van der Waals surface area contributed by atoms with Crippen LogP contribution in [0.3, 0.4) is 0 Å². The molecule has 2 fully saturated rings. The van der Waals surface area contributed by atoms with Crippen molar-refractivity contribution < 1.29 is 9.53 Å². The highest BCUT2D eigenvalue weighted by atomic mass is 16.5. The zero-order valence-electron chi connectivity index (χ0n) is 12.5. The zero-order chi connectivity index (χ0) is 15.6. The molecule has 2 aromatic heterocycles. The Labute approximate surface area is 133 Å². The number of amides is 1. The summed E-state index contributed by atoms with van der Waals surface area (Å²) in [5.74, 6) is 0.523. The van der Waals surface area contributed by atoms with Crippen LogP contribution in [0.25, 0.3) is 0 Å². The molecule has 3 atom stereocenters. The smallest absolute Gasteiger partial charge is 0.230 e. The number of nitrogens with one attached hydrogen (secondary N) is 1. The van der Waals surface area contributed by atoms with E-state index in [9.17, 15) is 4.79 Å². The van der Waals surface area contributed by atoms with Gasteiger partial charge in [-0.05, 0) is 24.6 Å². The molecule has 0 aromatic carbocycles. The van der Waals surface area contributed by atoms with Gasteiger partial charge in [-0.1, -0.05) is 0 Å². The van der Waals surface area contributed by atoms with E-state index in [2.05, 4.69) is 25.2 Å². The van der Waals surface area contributed by atoms with Crippen molar-refractivity contribution in [1.82, 2.24) is 15.0 Å². The van der Waals surface area contributed by atoms with Gasteiger partial charge in [0.1, 0.15) is 0 Å². The van der Waals surface area contributed by atoms with Crippen LogP contribution in [0.15, 0.2) is 43.0 Å². The van der Waals surface area contributed by atoms with Crippen LogP contribution in [0, 0.1) is 5.92 Å². The average Bonchev–Trinajstić information content (AvgIpc) is 2.90. The van der Waals surface area contributed by atoms with Crippen LogP contribution >= 0.6 is 0 Å². The van der Waals surface area contributed by atoms with E-state index in [1.807, 2.05) is 6.07 Å². The highest BCUT2D eigenvalue weighted by molar-refractivity contribution is 5.93. The van der Waals surface area contributed by atoms with Crippen LogP contribution < -0.4 is 10.2 Å². The molecule has 7 nitrogen and oxygen atoms in total. The highest BCUT2D eigenvalue weighted by Gasteiger charge is 2.45. The SMILES string of the molecule is O=C(Nc1cccnc1)[C@@H]1C[C@H]2CN(c3ncccn3)C[C@H]1O2. The summed E-state index contributed by atoms with van der Waals surface area (Å²) in [4.78, 5) is 27.2. The lowest BCUT2D eigenvalue weighted by Gasteiger charge is -2.32. The molecule has 2 aliphatic heterocycles. The second-order valence-electron chi connectivity index (χ2n) is 5.82. The predicted octanol–water partition coefficient (Wildman–Crippen LogP) is 1.10. The van der Waals surface area contributed by atoms with Gasteiger partial charge in [-0.25, -0.2) is 9.97 Å². The lowest BCUT2D eigenvalue weighted by Crippen LogP contribution is -2.45. The van der Waals surface area contributed by atoms with Gasteiger partial charge in [-0.2, -0.15) is 0 Å². The number of ether oxygens (including phenoxy) is 1. The maximum Gasteiger partial charge on any atom is 0.230 e. The summed E-state index contributed by atoms with van der Waals surface area (Å²) in [6, 6.07) is 5.42. The molecular formula is C16H17N5O2. The first-order chi connectivity index (χ1) is 11.3. The van der Waals surface area contributed by atoms with E-state index < -0.39 is 0 Å². The number of pyridine rings is 1. The molecule has 2 aromatic rings. The molecule has 7 heteroatoms. The summed E-state index contributed by atoms with van der Waals surface area (Å²) >= 11 is 0.